The Kier molecular flexibility index (Phi) is 6.74. The van der Waals surface area contributed by atoms with E-state index in [1.165, 1.54) is 10.9 Å². The van der Waals surface area contributed by atoms with Gasteiger partial charge in [0.15, 0.2) is 0 Å². The molecule has 5 rings (SSSR count). The summed E-state index contributed by atoms with van der Waals surface area (Å²) in [6.45, 7) is 5.25. The Morgan fingerprint density at radius 1 is 0.882 bits per heavy atom. The molecular formula is C27H28FN3O2S. The number of carbonyl (C=O) groups excluding carboxylic acids is 2. The van der Waals surface area contributed by atoms with Crippen LogP contribution < -0.4 is 0 Å². The molecule has 3 heterocycles. The van der Waals surface area contributed by atoms with Crippen molar-refractivity contribution in [1.29, 1.82) is 0 Å². The van der Waals surface area contributed by atoms with Crippen molar-refractivity contribution in [2.24, 2.45) is 0 Å². The largest absolute Gasteiger partial charge is 0.338 e. The van der Waals surface area contributed by atoms with Gasteiger partial charge in [-0.15, -0.1) is 11.3 Å². The molecule has 0 atom stereocenters. The van der Waals surface area contributed by atoms with Crippen molar-refractivity contribution in [3.63, 3.8) is 0 Å². The summed E-state index contributed by atoms with van der Waals surface area (Å²) in [5.41, 5.74) is 2.40. The Hall–Kier alpha value is -3.03. The first-order chi connectivity index (χ1) is 16.6. The number of likely N-dealkylation sites (tertiary alicyclic amines) is 1. The number of benzene rings is 2. The molecule has 2 aliphatic rings. The Labute approximate surface area is 203 Å². The van der Waals surface area contributed by atoms with Crippen molar-refractivity contribution in [3.05, 3.63) is 82.5 Å². The summed E-state index contributed by atoms with van der Waals surface area (Å²) in [5, 5.41) is 0. The summed E-state index contributed by atoms with van der Waals surface area (Å²) in [5.74, 6) is 0.0750. The zero-order valence-electron chi connectivity index (χ0n) is 19.1. The number of amides is 2. The van der Waals surface area contributed by atoms with E-state index in [1.807, 2.05) is 52.3 Å². The number of halogens is 1. The predicted octanol–water partition coefficient (Wildman–Crippen LogP) is 4.63. The van der Waals surface area contributed by atoms with Gasteiger partial charge < -0.3 is 9.80 Å². The maximum Gasteiger partial charge on any atom is 0.253 e. The number of hydrogen-bond acceptors (Lipinski definition) is 4. The fraction of sp³-hybridized carbons (Fsp3) is 0.333. The van der Waals surface area contributed by atoms with E-state index in [0.29, 0.717) is 37.2 Å². The van der Waals surface area contributed by atoms with Crippen molar-refractivity contribution in [2.75, 3.05) is 32.7 Å². The molecule has 1 aromatic heterocycles. The van der Waals surface area contributed by atoms with Gasteiger partial charge in [0, 0.05) is 73.1 Å². The monoisotopic (exact) mass is 477 g/mol. The second kappa shape index (κ2) is 10.1. The van der Waals surface area contributed by atoms with Crippen LogP contribution in [0.4, 0.5) is 4.39 Å². The van der Waals surface area contributed by atoms with Crippen LogP contribution in [0.5, 0.6) is 0 Å². The topological polar surface area (TPSA) is 43.9 Å². The first-order valence-electron chi connectivity index (χ1n) is 11.8. The third-order valence-corrected chi connectivity index (χ3v) is 7.69. The van der Waals surface area contributed by atoms with Gasteiger partial charge in [-0.3, -0.25) is 14.5 Å². The minimum Gasteiger partial charge on any atom is -0.338 e. The lowest BCUT2D eigenvalue weighted by Gasteiger charge is -2.34. The van der Waals surface area contributed by atoms with E-state index in [2.05, 4.69) is 11.0 Å². The molecule has 5 nitrogen and oxygen atoms in total. The van der Waals surface area contributed by atoms with Gasteiger partial charge in [-0.25, -0.2) is 4.39 Å². The van der Waals surface area contributed by atoms with Crippen LogP contribution in [-0.2, 0) is 17.9 Å². The molecule has 2 saturated heterocycles. The van der Waals surface area contributed by atoms with Gasteiger partial charge in [-0.1, -0.05) is 30.3 Å². The highest BCUT2D eigenvalue weighted by atomic mass is 32.1. The molecule has 2 aromatic carbocycles. The smallest absolute Gasteiger partial charge is 0.253 e. The van der Waals surface area contributed by atoms with Crippen LogP contribution in [0.1, 0.15) is 33.6 Å². The molecule has 0 N–H and O–H groups in total. The molecule has 7 heteroatoms. The van der Waals surface area contributed by atoms with Gasteiger partial charge in [0.25, 0.3) is 5.91 Å². The van der Waals surface area contributed by atoms with E-state index in [9.17, 15) is 14.0 Å². The lowest BCUT2D eigenvalue weighted by Crippen LogP contribution is -2.48. The number of rotatable bonds is 6. The number of carbonyl (C=O) groups is 2. The molecular weight excluding hydrogens is 449 g/mol. The quantitative estimate of drug-likeness (QED) is 0.520. The number of nitrogens with zero attached hydrogens (tertiary/aromatic N) is 3. The number of piperazine rings is 1. The fourth-order valence-electron chi connectivity index (χ4n) is 4.63. The van der Waals surface area contributed by atoms with Crippen molar-refractivity contribution in [1.82, 2.24) is 14.7 Å². The summed E-state index contributed by atoms with van der Waals surface area (Å²) >= 11 is 1.62. The third-order valence-electron chi connectivity index (χ3n) is 6.59. The molecule has 0 saturated carbocycles. The summed E-state index contributed by atoms with van der Waals surface area (Å²) in [6.07, 6.45) is 1.57. The zero-order chi connectivity index (χ0) is 23.5. The number of thiophene rings is 1. The Morgan fingerprint density at radius 3 is 2.35 bits per heavy atom. The van der Waals surface area contributed by atoms with Crippen LogP contribution in [0, 0.1) is 5.82 Å². The summed E-state index contributed by atoms with van der Waals surface area (Å²) in [7, 11) is 0. The molecule has 0 aliphatic carbocycles. The fourth-order valence-corrected chi connectivity index (χ4v) is 5.70. The molecule has 3 aromatic rings. The second-order valence-corrected chi connectivity index (χ2v) is 10.1. The first kappa shape index (κ1) is 22.7. The Balaban J connectivity index is 1.13. The van der Waals surface area contributed by atoms with Gasteiger partial charge in [0.1, 0.15) is 5.82 Å². The summed E-state index contributed by atoms with van der Waals surface area (Å²) in [4.78, 5) is 33.1. The highest BCUT2D eigenvalue weighted by Crippen LogP contribution is 2.30. The average Bonchev–Trinajstić information content (AvgIpc) is 3.49. The molecule has 176 valence electrons. The van der Waals surface area contributed by atoms with Crippen LogP contribution in [-0.4, -0.2) is 59.2 Å². The molecule has 0 unspecified atom stereocenters. The molecule has 0 bridgehead atoms. The van der Waals surface area contributed by atoms with E-state index in [0.717, 1.165) is 43.0 Å². The van der Waals surface area contributed by atoms with Gasteiger partial charge in [-0.05, 0) is 42.3 Å². The second-order valence-electron chi connectivity index (χ2n) is 8.93. The van der Waals surface area contributed by atoms with E-state index in [-0.39, 0.29) is 17.6 Å². The summed E-state index contributed by atoms with van der Waals surface area (Å²) in [6, 6.07) is 18.6. The van der Waals surface area contributed by atoms with E-state index in [4.69, 9.17) is 0 Å². The SMILES string of the molecule is O=C1CCCN1Cc1ccc(C(=O)N2CCN(Cc3ccc(-c4ccccc4F)s3)CC2)cc1. The maximum atomic E-state index is 14.1. The molecule has 0 spiro atoms. The van der Waals surface area contributed by atoms with Crippen molar-refractivity contribution in [3.8, 4) is 10.4 Å². The van der Waals surface area contributed by atoms with Crippen molar-refractivity contribution < 1.29 is 14.0 Å². The maximum absolute atomic E-state index is 14.1. The first-order valence-corrected chi connectivity index (χ1v) is 12.6. The molecule has 2 aliphatic heterocycles. The zero-order valence-corrected chi connectivity index (χ0v) is 19.9. The lowest BCUT2D eigenvalue weighted by atomic mass is 10.1. The Bertz CT molecular complexity index is 1170. The van der Waals surface area contributed by atoms with Crippen molar-refractivity contribution in [2.45, 2.75) is 25.9 Å². The highest BCUT2D eigenvalue weighted by Gasteiger charge is 2.23. The molecule has 34 heavy (non-hydrogen) atoms. The third kappa shape index (κ3) is 5.05. The molecule has 2 fully saturated rings. The normalized spacial score (nSPS) is 16.9. The lowest BCUT2D eigenvalue weighted by molar-refractivity contribution is -0.128. The highest BCUT2D eigenvalue weighted by molar-refractivity contribution is 7.15. The Morgan fingerprint density at radius 2 is 1.65 bits per heavy atom. The summed E-state index contributed by atoms with van der Waals surface area (Å²) < 4.78 is 14.1. The van der Waals surface area contributed by atoms with Crippen LogP contribution in [0.3, 0.4) is 0 Å². The van der Waals surface area contributed by atoms with Crippen molar-refractivity contribution >= 4 is 23.2 Å². The van der Waals surface area contributed by atoms with Crippen LogP contribution in [0.15, 0.2) is 60.7 Å². The molecule has 2 amide bonds. The minimum absolute atomic E-state index is 0.0569. The predicted molar refractivity (Wildman–Crippen MR) is 132 cm³/mol. The van der Waals surface area contributed by atoms with Crippen LogP contribution in [0.25, 0.3) is 10.4 Å². The number of hydrogen-bond donors (Lipinski definition) is 0. The standard InChI is InChI=1S/C27H28FN3O2S/c28-24-5-2-1-4-23(24)25-12-11-22(34-25)19-29-14-16-30(17-15-29)27(33)21-9-7-20(8-10-21)18-31-13-3-6-26(31)32/h1-2,4-5,7-12H,3,6,13-19H2. The van der Waals surface area contributed by atoms with Gasteiger partial charge >= 0.3 is 0 Å². The van der Waals surface area contributed by atoms with E-state index >= 15 is 0 Å². The van der Waals surface area contributed by atoms with Gasteiger partial charge in [0.2, 0.25) is 5.91 Å². The van der Waals surface area contributed by atoms with Crippen LogP contribution >= 0.6 is 11.3 Å². The minimum atomic E-state index is -0.194. The molecule has 0 radical (unpaired) electrons. The van der Waals surface area contributed by atoms with E-state index < -0.39 is 0 Å². The van der Waals surface area contributed by atoms with Gasteiger partial charge in [0.05, 0.1) is 0 Å². The van der Waals surface area contributed by atoms with E-state index in [1.54, 1.807) is 17.4 Å². The van der Waals surface area contributed by atoms with Gasteiger partial charge in [-0.2, -0.15) is 0 Å². The van der Waals surface area contributed by atoms with Crippen LogP contribution in [0.2, 0.25) is 0 Å². The average molecular weight is 478 g/mol.